The van der Waals surface area contributed by atoms with Crippen LogP contribution in [0.2, 0.25) is 0 Å². The van der Waals surface area contributed by atoms with E-state index in [0.717, 1.165) is 11.3 Å². The van der Waals surface area contributed by atoms with Crippen LogP contribution in [0.5, 0.6) is 0 Å². The Labute approximate surface area is 124 Å². The minimum Gasteiger partial charge on any atom is -0.343 e. The van der Waals surface area contributed by atoms with Crippen molar-refractivity contribution in [2.24, 2.45) is 5.92 Å². The number of nitrogens with one attached hydrogen (secondary N) is 1. The molecular weight excluding hydrogens is 267 g/mol. The van der Waals surface area contributed by atoms with Gasteiger partial charge in [-0.2, -0.15) is 0 Å². The highest BCUT2D eigenvalue weighted by atomic mass is 19.1. The van der Waals surface area contributed by atoms with Crippen LogP contribution in [0.25, 0.3) is 0 Å². The van der Waals surface area contributed by atoms with Crippen molar-refractivity contribution in [3.05, 3.63) is 65.2 Å². The summed E-state index contributed by atoms with van der Waals surface area (Å²) in [6, 6.07) is 9.53. The molecule has 1 N–H and O–H groups in total. The molecule has 0 aliphatic carbocycles. The van der Waals surface area contributed by atoms with Crippen LogP contribution in [0.15, 0.2) is 42.6 Å². The van der Waals surface area contributed by atoms with Crippen molar-refractivity contribution in [3.63, 3.8) is 0 Å². The van der Waals surface area contributed by atoms with Crippen LogP contribution in [-0.2, 0) is 0 Å². The molecule has 0 bridgehead atoms. The Morgan fingerprint density at radius 2 is 1.90 bits per heavy atom. The molecule has 0 spiro atoms. The number of carbonyl (C=O) groups excluding carboxylic acids is 1. The molecule has 4 heteroatoms. The standard InChI is InChI=1S/C17H19FN2O/c1-11(2)15(16-12(3)7-6-10-19-16)20-17(21)13-8-4-5-9-14(13)18/h4-11,15H,1-3H3,(H,20,21). The molecule has 1 aromatic carbocycles. The summed E-state index contributed by atoms with van der Waals surface area (Å²) in [5, 5.41) is 2.89. The number of hydrogen-bond donors (Lipinski definition) is 1. The van der Waals surface area contributed by atoms with Gasteiger partial charge in [0.2, 0.25) is 0 Å². The summed E-state index contributed by atoms with van der Waals surface area (Å²) in [7, 11) is 0. The molecule has 2 rings (SSSR count). The van der Waals surface area contributed by atoms with E-state index in [-0.39, 0.29) is 17.5 Å². The predicted octanol–water partition coefficient (Wildman–Crippen LogP) is 3.66. The molecule has 1 unspecified atom stereocenters. The molecule has 0 aliphatic heterocycles. The van der Waals surface area contributed by atoms with E-state index >= 15 is 0 Å². The van der Waals surface area contributed by atoms with Gasteiger partial charge in [-0.05, 0) is 36.6 Å². The highest BCUT2D eigenvalue weighted by Gasteiger charge is 2.22. The lowest BCUT2D eigenvalue weighted by Crippen LogP contribution is -2.33. The van der Waals surface area contributed by atoms with Gasteiger partial charge in [-0.1, -0.05) is 32.0 Å². The topological polar surface area (TPSA) is 42.0 Å². The highest BCUT2D eigenvalue weighted by molar-refractivity contribution is 5.94. The fraction of sp³-hybridized carbons (Fsp3) is 0.294. The average Bonchev–Trinajstić information content (AvgIpc) is 2.45. The van der Waals surface area contributed by atoms with Crippen molar-refractivity contribution in [2.75, 3.05) is 0 Å². The van der Waals surface area contributed by atoms with Gasteiger partial charge < -0.3 is 5.32 Å². The molecule has 0 saturated carbocycles. The van der Waals surface area contributed by atoms with Crippen molar-refractivity contribution in [2.45, 2.75) is 26.8 Å². The van der Waals surface area contributed by atoms with Crippen molar-refractivity contribution in [1.29, 1.82) is 0 Å². The molecule has 0 fully saturated rings. The molecule has 1 aromatic heterocycles. The maximum absolute atomic E-state index is 13.7. The molecule has 21 heavy (non-hydrogen) atoms. The number of aryl methyl sites for hydroxylation is 1. The van der Waals surface area contributed by atoms with E-state index in [1.54, 1.807) is 18.3 Å². The molecule has 1 heterocycles. The van der Waals surface area contributed by atoms with E-state index < -0.39 is 11.7 Å². The fourth-order valence-electron chi connectivity index (χ4n) is 2.24. The lowest BCUT2D eigenvalue weighted by atomic mass is 9.97. The number of nitrogens with zero attached hydrogens (tertiary/aromatic N) is 1. The normalized spacial score (nSPS) is 12.2. The second-order valence-electron chi connectivity index (χ2n) is 5.38. The van der Waals surface area contributed by atoms with E-state index in [2.05, 4.69) is 10.3 Å². The summed E-state index contributed by atoms with van der Waals surface area (Å²) in [5.74, 6) is -0.790. The lowest BCUT2D eigenvalue weighted by molar-refractivity contribution is 0.0920. The van der Waals surface area contributed by atoms with Crippen LogP contribution in [0, 0.1) is 18.7 Å². The maximum Gasteiger partial charge on any atom is 0.254 e. The summed E-state index contributed by atoms with van der Waals surface area (Å²) >= 11 is 0. The first kappa shape index (κ1) is 15.2. The van der Waals surface area contributed by atoms with E-state index in [0.29, 0.717) is 0 Å². The Morgan fingerprint density at radius 1 is 1.19 bits per heavy atom. The Hall–Kier alpha value is -2.23. The number of rotatable bonds is 4. The van der Waals surface area contributed by atoms with Crippen molar-refractivity contribution < 1.29 is 9.18 Å². The Morgan fingerprint density at radius 3 is 2.52 bits per heavy atom. The first-order chi connectivity index (χ1) is 10.0. The fourth-order valence-corrected chi connectivity index (χ4v) is 2.24. The molecule has 2 aromatic rings. The van der Waals surface area contributed by atoms with Crippen LogP contribution in [0.4, 0.5) is 4.39 Å². The van der Waals surface area contributed by atoms with Gasteiger partial charge in [-0.15, -0.1) is 0 Å². The van der Waals surface area contributed by atoms with E-state index in [9.17, 15) is 9.18 Å². The van der Waals surface area contributed by atoms with Gasteiger partial charge in [0.1, 0.15) is 5.82 Å². The first-order valence-electron chi connectivity index (χ1n) is 6.97. The third-order valence-corrected chi connectivity index (χ3v) is 3.42. The second kappa shape index (κ2) is 6.48. The van der Waals surface area contributed by atoms with Crippen LogP contribution in [-0.4, -0.2) is 10.9 Å². The predicted molar refractivity (Wildman–Crippen MR) is 80.4 cm³/mol. The number of aromatic nitrogens is 1. The van der Waals surface area contributed by atoms with Crippen LogP contribution in [0.3, 0.4) is 0 Å². The number of amides is 1. The zero-order valence-corrected chi connectivity index (χ0v) is 12.4. The second-order valence-corrected chi connectivity index (χ2v) is 5.38. The van der Waals surface area contributed by atoms with Crippen molar-refractivity contribution in [3.8, 4) is 0 Å². The van der Waals surface area contributed by atoms with Gasteiger partial charge in [0, 0.05) is 6.20 Å². The quantitative estimate of drug-likeness (QED) is 0.932. The number of hydrogen-bond acceptors (Lipinski definition) is 2. The molecule has 1 atom stereocenters. The largest absolute Gasteiger partial charge is 0.343 e. The minimum atomic E-state index is -0.518. The van der Waals surface area contributed by atoms with Crippen molar-refractivity contribution in [1.82, 2.24) is 10.3 Å². The Balaban J connectivity index is 2.28. The first-order valence-corrected chi connectivity index (χ1v) is 6.97. The van der Waals surface area contributed by atoms with Gasteiger partial charge in [0.15, 0.2) is 0 Å². The third-order valence-electron chi connectivity index (χ3n) is 3.42. The number of benzene rings is 1. The van der Waals surface area contributed by atoms with E-state index in [4.69, 9.17) is 0 Å². The number of halogens is 1. The maximum atomic E-state index is 13.7. The summed E-state index contributed by atoms with van der Waals surface area (Å²) in [4.78, 5) is 16.6. The molecule has 110 valence electrons. The van der Waals surface area contributed by atoms with Crippen molar-refractivity contribution >= 4 is 5.91 Å². The molecule has 1 amide bonds. The number of carbonyl (C=O) groups is 1. The summed E-state index contributed by atoms with van der Waals surface area (Å²) in [5.41, 5.74) is 1.87. The minimum absolute atomic E-state index is 0.0525. The monoisotopic (exact) mass is 286 g/mol. The number of pyridine rings is 1. The molecule has 0 aliphatic rings. The zero-order valence-electron chi connectivity index (χ0n) is 12.4. The summed E-state index contributed by atoms with van der Waals surface area (Å²) < 4.78 is 13.7. The van der Waals surface area contributed by atoms with Crippen LogP contribution >= 0.6 is 0 Å². The SMILES string of the molecule is Cc1cccnc1C(NC(=O)c1ccccc1F)C(C)C. The lowest BCUT2D eigenvalue weighted by Gasteiger charge is -2.23. The Bertz CT molecular complexity index is 640. The zero-order chi connectivity index (χ0) is 15.4. The third kappa shape index (κ3) is 3.45. The smallest absolute Gasteiger partial charge is 0.254 e. The van der Waals surface area contributed by atoms with Gasteiger partial charge >= 0.3 is 0 Å². The highest BCUT2D eigenvalue weighted by Crippen LogP contribution is 2.23. The summed E-state index contributed by atoms with van der Waals surface area (Å²) in [6.45, 7) is 5.95. The van der Waals surface area contributed by atoms with Gasteiger partial charge in [0.05, 0.1) is 17.3 Å². The molecular formula is C17H19FN2O. The van der Waals surface area contributed by atoms with Gasteiger partial charge in [0.25, 0.3) is 5.91 Å². The van der Waals surface area contributed by atoms with E-state index in [1.165, 1.54) is 12.1 Å². The van der Waals surface area contributed by atoms with E-state index in [1.807, 2.05) is 32.9 Å². The van der Waals surface area contributed by atoms with Gasteiger partial charge in [-0.3, -0.25) is 9.78 Å². The summed E-state index contributed by atoms with van der Waals surface area (Å²) in [6.07, 6.45) is 1.70. The average molecular weight is 286 g/mol. The van der Waals surface area contributed by atoms with Gasteiger partial charge in [-0.25, -0.2) is 4.39 Å². The van der Waals surface area contributed by atoms with Crippen LogP contribution in [0.1, 0.15) is 41.5 Å². The molecule has 0 radical (unpaired) electrons. The molecule has 0 saturated heterocycles. The molecule has 3 nitrogen and oxygen atoms in total. The van der Waals surface area contributed by atoms with Crippen LogP contribution < -0.4 is 5.32 Å². The Kier molecular flexibility index (Phi) is 4.68.